The van der Waals surface area contributed by atoms with Gasteiger partial charge in [0.1, 0.15) is 5.40 Å². The average Bonchev–Trinajstić information content (AvgIpc) is 1.65. The van der Waals surface area contributed by atoms with Gasteiger partial charge in [-0.25, -0.2) is 0 Å². The molecule has 0 aliphatic heterocycles. The van der Waals surface area contributed by atoms with Crippen LogP contribution >= 0.6 is 12.0 Å². The predicted octanol–water partition coefficient (Wildman–Crippen LogP) is -2.50. The van der Waals surface area contributed by atoms with Gasteiger partial charge in [0.15, 0.2) is 0 Å². The van der Waals surface area contributed by atoms with E-state index in [2.05, 4.69) is 0 Å². The summed E-state index contributed by atoms with van der Waals surface area (Å²) >= 11 is -0.0880. The third kappa shape index (κ3) is 189. The minimum Gasteiger partial charge on any atom is -0.787 e. The molecule has 0 saturated heterocycles. The molecule has 0 N–H and O–H groups in total. The van der Waals surface area contributed by atoms with Crippen LogP contribution in [0, 0.1) is 10.7 Å². The second-order valence-electron chi connectivity index (χ2n) is 0.425. The van der Waals surface area contributed by atoms with Gasteiger partial charge in [0.05, 0.1) is 0 Å². The number of carboxylic acid groups (broad SMARTS) is 2. The van der Waals surface area contributed by atoms with Crippen LogP contribution in [0.4, 0.5) is 4.79 Å². The fourth-order valence-electron chi connectivity index (χ4n) is 0. The summed E-state index contributed by atoms with van der Waals surface area (Å²) in [4.78, 5) is 8.33. The third-order valence-corrected chi connectivity index (χ3v) is 0.112. The molecule has 46 valence electrons. The van der Waals surface area contributed by atoms with Crippen molar-refractivity contribution in [2.24, 2.45) is 0 Å². The molecule has 0 aromatic carbocycles. The van der Waals surface area contributed by atoms with Gasteiger partial charge >= 0.3 is 37.7 Å². The van der Waals surface area contributed by atoms with E-state index in [1.54, 1.807) is 0 Å². The molecule has 0 fully saturated rings. The van der Waals surface area contributed by atoms with Crippen molar-refractivity contribution in [2.75, 3.05) is 0 Å². The summed E-state index contributed by atoms with van der Waals surface area (Å²) in [6, 6.07) is 0. The Morgan fingerprint density at radius 1 is 1.56 bits per heavy atom. The van der Waals surface area contributed by atoms with Crippen molar-refractivity contribution >= 4 is 55.9 Å². The number of rotatable bonds is 0. The van der Waals surface area contributed by atoms with Crippen LogP contribution in [0.1, 0.15) is 0 Å². The van der Waals surface area contributed by atoms with E-state index in [1.165, 1.54) is 5.40 Å². The summed E-state index contributed by atoms with van der Waals surface area (Å²) in [6.07, 6.45) is -2.33. The van der Waals surface area contributed by atoms with E-state index >= 15 is 0 Å². The van der Waals surface area contributed by atoms with Crippen molar-refractivity contribution < 1.29 is 19.6 Å². The van der Waals surface area contributed by atoms with Crippen molar-refractivity contribution in [3.05, 3.63) is 0 Å². The number of carbonyl (C=O) groups is 1. The van der Waals surface area contributed by atoms with E-state index in [9.17, 15) is 0 Å². The van der Waals surface area contributed by atoms with Gasteiger partial charge in [-0.3, -0.25) is 0 Å². The van der Waals surface area contributed by atoms with Crippen LogP contribution in [-0.2, 0) is 0 Å². The first kappa shape index (κ1) is 16.2. The maximum absolute atomic E-state index is 8.85. The molecule has 7 heteroatoms. The molecule has 5 nitrogen and oxygen atoms in total. The maximum Gasteiger partial charge on any atom is 2.00 e. The summed E-state index contributed by atoms with van der Waals surface area (Å²) in [5.41, 5.74) is 0. The minimum absolute atomic E-state index is 0. The molecule has 0 radical (unpaired) electrons. The monoisotopic (exact) mass is 174 g/mol. The molecule has 0 saturated carbocycles. The summed E-state index contributed by atoms with van der Waals surface area (Å²) in [5, 5.41) is 25.2. The summed E-state index contributed by atoms with van der Waals surface area (Å²) in [7, 11) is 0. The van der Waals surface area contributed by atoms with E-state index in [0.29, 0.717) is 0 Å². The summed E-state index contributed by atoms with van der Waals surface area (Å²) in [5.74, 6) is 0. The Bertz CT molecular complexity index is 97.2. The van der Waals surface area contributed by atoms with Gasteiger partial charge in [-0.1, -0.05) is 0 Å². The molecule has 9 heavy (non-hydrogen) atoms. The van der Waals surface area contributed by atoms with Gasteiger partial charge < -0.3 is 19.6 Å². The van der Waals surface area contributed by atoms with E-state index in [4.69, 9.17) is 24.8 Å². The number of thiocyanates is 1. The molecule has 0 unspecified atom stereocenters. The van der Waals surface area contributed by atoms with E-state index in [0.717, 1.165) is 0 Å². The Morgan fingerprint density at radius 3 is 1.67 bits per heavy atom. The molecule has 0 bridgehead atoms. The first-order valence-electron chi connectivity index (χ1n) is 1.21. The fraction of sp³-hybridized carbons (Fsp3) is 0. The van der Waals surface area contributed by atoms with Crippen molar-refractivity contribution in [1.82, 2.24) is 0 Å². The second kappa shape index (κ2) is 15.8. The van der Waals surface area contributed by atoms with Crippen LogP contribution < -0.4 is 10.2 Å². The fourth-order valence-corrected chi connectivity index (χ4v) is 0. The molecule has 0 aliphatic rings. The normalized spacial score (nSPS) is 4.89. The SMILES string of the molecule is N#CS[O-].O=C([O-])[O-].[Ca+2]. The third-order valence-electron chi connectivity index (χ3n) is 0.0373. The van der Waals surface area contributed by atoms with Crippen LogP contribution in [0.15, 0.2) is 0 Å². The Balaban J connectivity index is -0.0000000720. The van der Waals surface area contributed by atoms with E-state index < -0.39 is 6.16 Å². The molecule has 0 atom stereocenters. The molecule has 0 rings (SSSR count). The van der Waals surface area contributed by atoms with Gasteiger partial charge in [-0.05, 0) is 6.16 Å². The van der Waals surface area contributed by atoms with Crippen LogP contribution in [0.25, 0.3) is 0 Å². The van der Waals surface area contributed by atoms with Gasteiger partial charge in [-0.15, -0.1) is 12.0 Å². The van der Waals surface area contributed by atoms with Crippen molar-refractivity contribution in [1.29, 1.82) is 5.26 Å². The molecule has 0 heterocycles. The van der Waals surface area contributed by atoms with Crippen LogP contribution in [0.3, 0.4) is 0 Å². The van der Waals surface area contributed by atoms with Crippen molar-refractivity contribution in [3.8, 4) is 5.40 Å². The van der Waals surface area contributed by atoms with Crippen LogP contribution in [0.5, 0.6) is 0 Å². The van der Waals surface area contributed by atoms with Crippen LogP contribution in [-0.4, -0.2) is 48.4 Å². The molecule has 0 amide bonds. The van der Waals surface area contributed by atoms with Crippen molar-refractivity contribution in [2.45, 2.75) is 0 Å². The zero-order chi connectivity index (χ0) is 6.99. The maximum atomic E-state index is 8.85. The topological polar surface area (TPSA) is 110 Å². The summed E-state index contributed by atoms with van der Waals surface area (Å²) in [6.45, 7) is 0. The van der Waals surface area contributed by atoms with Gasteiger partial charge in [0.25, 0.3) is 0 Å². The molecule has 0 spiro atoms. The quantitative estimate of drug-likeness (QED) is 0.228. The number of nitrogens with zero attached hydrogens (tertiary/aromatic N) is 1. The van der Waals surface area contributed by atoms with Crippen molar-refractivity contribution in [3.63, 3.8) is 0 Å². The number of nitriles is 1. The molecule has 0 aromatic rings. The zero-order valence-corrected chi connectivity index (χ0v) is 7.22. The number of hydrogen-bond acceptors (Lipinski definition) is 6. The number of hydrogen-bond donors (Lipinski definition) is 0. The molecule has 0 aromatic heterocycles. The molecular weight excluding hydrogens is 174 g/mol. The van der Waals surface area contributed by atoms with Gasteiger partial charge in [0.2, 0.25) is 0 Å². The van der Waals surface area contributed by atoms with Gasteiger partial charge in [-0.2, -0.15) is 5.26 Å². The standard InChI is InChI=1S/CHNOS.CH2O3.Ca/c2-1-4-3;2-1(3)4;/h3H;(H2,2,3,4);/q;;+2/p-3. The molecular formula is C2CaNO4S-. The first-order chi connectivity index (χ1) is 3.65. The Kier molecular flexibility index (Phi) is 28.3. The minimum atomic E-state index is -2.33. The predicted molar refractivity (Wildman–Crippen MR) is 25.1 cm³/mol. The Morgan fingerprint density at radius 2 is 1.67 bits per heavy atom. The largest absolute Gasteiger partial charge is 2.00 e. The summed E-state index contributed by atoms with van der Waals surface area (Å²) < 4.78 is 8.85. The first-order valence-corrected chi connectivity index (χ1v) is 1.95. The Hall–Kier alpha value is 0.330. The zero-order valence-electron chi connectivity index (χ0n) is 4.20. The average molecular weight is 174 g/mol. The molecule has 0 aliphatic carbocycles. The second-order valence-corrected chi connectivity index (χ2v) is 0.774. The Labute approximate surface area is 85.5 Å². The van der Waals surface area contributed by atoms with Gasteiger partial charge in [0, 0.05) is 0 Å². The van der Waals surface area contributed by atoms with E-state index in [1.807, 2.05) is 0 Å². The smallest absolute Gasteiger partial charge is 0.787 e. The van der Waals surface area contributed by atoms with Crippen LogP contribution in [0.2, 0.25) is 0 Å². The van der Waals surface area contributed by atoms with E-state index in [-0.39, 0.29) is 49.8 Å². The number of carbonyl (C=O) groups excluding carboxylic acids is 1.